The van der Waals surface area contributed by atoms with Gasteiger partial charge < -0.3 is 10.6 Å². The van der Waals surface area contributed by atoms with Gasteiger partial charge in [-0.3, -0.25) is 4.79 Å². The minimum atomic E-state index is -0.348. The van der Waals surface area contributed by atoms with Crippen LogP contribution in [0.15, 0.2) is 24.3 Å². The van der Waals surface area contributed by atoms with Crippen LogP contribution in [0.5, 0.6) is 0 Å². The van der Waals surface area contributed by atoms with Crippen molar-refractivity contribution >= 4 is 18.3 Å². The number of halogens is 1. The molecule has 0 unspecified atom stereocenters. The molecule has 1 amide bonds. The van der Waals surface area contributed by atoms with Crippen LogP contribution in [-0.2, 0) is 11.3 Å². The van der Waals surface area contributed by atoms with Gasteiger partial charge in [-0.05, 0) is 24.1 Å². The Morgan fingerprint density at radius 3 is 2.88 bits per heavy atom. The summed E-state index contributed by atoms with van der Waals surface area (Å²) in [6.07, 6.45) is 0.719. The van der Waals surface area contributed by atoms with Crippen molar-refractivity contribution in [1.29, 1.82) is 5.26 Å². The predicted octanol–water partition coefficient (Wildman–Crippen LogP) is 1.04. The van der Waals surface area contributed by atoms with Gasteiger partial charge in [-0.2, -0.15) is 5.26 Å². The molecule has 2 N–H and O–H groups in total. The van der Waals surface area contributed by atoms with E-state index in [1.165, 1.54) is 0 Å². The van der Waals surface area contributed by atoms with Crippen molar-refractivity contribution in [2.24, 2.45) is 5.73 Å². The van der Waals surface area contributed by atoms with Gasteiger partial charge >= 0.3 is 0 Å². The average molecular weight is 252 g/mol. The number of likely N-dealkylation sites (tertiary alicyclic amines) is 1. The van der Waals surface area contributed by atoms with Gasteiger partial charge in [0, 0.05) is 13.1 Å². The predicted molar refractivity (Wildman–Crippen MR) is 66.4 cm³/mol. The van der Waals surface area contributed by atoms with E-state index in [0.717, 1.165) is 12.0 Å². The molecule has 1 atom stereocenters. The summed E-state index contributed by atoms with van der Waals surface area (Å²) in [5.41, 5.74) is 7.23. The molecule has 0 radical (unpaired) electrons. The van der Waals surface area contributed by atoms with E-state index in [1.54, 1.807) is 17.0 Å². The normalized spacial score (nSPS) is 18.7. The summed E-state index contributed by atoms with van der Waals surface area (Å²) >= 11 is 0. The molecule has 5 heteroatoms. The number of nitrogens with zero attached hydrogens (tertiary/aromatic N) is 2. The second-order valence-electron chi connectivity index (χ2n) is 3.97. The van der Waals surface area contributed by atoms with Crippen LogP contribution in [0, 0.1) is 11.3 Å². The molecule has 4 nitrogen and oxygen atoms in total. The standard InChI is InChI=1S/C12H13N3O.ClH/c13-7-9-2-1-3-10(6-9)8-15-5-4-11(14)12(15)16;/h1-3,6,11H,4-5,8,14H2;1H/t11-;/m0./s1. The van der Waals surface area contributed by atoms with E-state index in [1.807, 2.05) is 12.1 Å². The fourth-order valence-electron chi connectivity index (χ4n) is 1.88. The lowest BCUT2D eigenvalue weighted by Gasteiger charge is -2.15. The topological polar surface area (TPSA) is 70.1 Å². The fraction of sp³-hybridized carbons (Fsp3) is 0.333. The summed E-state index contributed by atoms with van der Waals surface area (Å²) in [7, 11) is 0. The Morgan fingerprint density at radius 1 is 1.53 bits per heavy atom. The lowest BCUT2D eigenvalue weighted by atomic mass is 10.1. The summed E-state index contributed by atoms with van der Waals surface area (Å²) < 4.78 is 0. The molecule has 0 spiro atoms. The number of carbonyl (C=O) groups is 1. The third kappa shape index (κ3) is 2.96. The van der Waals surface area contributed by atoms with Crippen LogP contribution in [0.3, 0.4) is 0 Å². The Labute approximate surface area is 106 Å². The highest BCUT2D eigenvalue weighted by Gasteiger charge is 2.28. The monoisotopic (exact) mass is 251 g/mol. The Hall–Kier alpha value is -1.57. The van der Waals surface area contributed by atoms with E-state index in [-0.39, 0.29) is 24.4 Å². The van der Waals surface area contributed by atoms with Crippen LogP contribution < -0.4 is 5.73 Å². The first-order valence-electron chi connectivity index (χ1n) is 5.24. The summed E-state index contributed by atoms with van der Waals surface area (Å²) in [5, 5.41) is 8.77. The quantitative estimate of drug-likeness (QED) is 0.854. The lowest BCUT2D eigenvalue weighted by molar-refractivity contribution is -0.129. The number of rotatable bonds is 2. The second kappa shape index (κ2) is 5.67. The third-order valence-corrected chi connectivity index (χ3v) is 2.77. The number of hydrogen-bond donors (Lipinski definition) is 1. The van der Waals surface area contributed by atoms with Crippen LogP contribution in [0.4, 0.5) is 0 Å². The Balaban J connectivity index is 0.00000144. The maximum Gasteiger partial charge on any atom is 0.239 e. The van der Waals surface area contributed by atoms with Gasteiger partial charge in [-0.25, -0.2) is 0 Å². The highest BCUT2D eigenvalue weighted by atomic mass is 35.5. The molecule has 0 bridgehead atoms. The van der Waals surface area contributed by atoms with Crippen molar-refractivity contribution in [3.63, 3.8) is 0 Å². The lowest BCUT2D eigenvalue weighted by Crippen LogP contribution is -2.33. The van der Waals surface area contributed by atoms with Gasteiger partial charge in [-0.1, -0.05) is 12.1 Å². The Morgan fingerprint density at radius 2 is 2.29 bits per heavy atom. The molecule has 1 saturated heterocycles. The van der Waals surface area contributed by atoms with Crippen molar-refractivity contribution in [1.82, 2.24) is 4.90 Å². The second-order valence-corrected chi connectivity index (χ2v) is 3.97. The van der Waals surface area contributed by atoms with Gasteiger partial charge in [0.25, 0.3) is 0 Å². The minimum absolute atomic E-state index is 0. The van der Waals surface area contributed by atoms with E-state index in [0.29, 0.717) is 18.7 Å². The van der Waals surface area contributed by atoms with Crippen molar-refractivity contribution in [2.45, 2.75) is 19.0 Å². The van der Waals surface area contributed by atoms with E-state index in [4.69, 9.17) is 11.0 Å². The molecule has 1 heterocycles. The summed E-state index contributed by atoms with van der Waals surface area (Å²) in [6, 6.07) is 9.03. The number of carbonyl (C=O) groups excluding carboxylic acids is 1. The van der Waals surface area contributed by atoms with Crippen LogP contribution in [0.2, 0.25) is 0 Å². The number of benzene rings is 1. The SMILES string of the molecule is Cl.N#Cc1cccc(CN2CC[C@H](N)C2=O)c1. The molecule has 1 aromatic rings. The molecule has 0 saturated carbocycles. The van der Waals surface area contributed by atoms with Crippen molar-refractivity contribution in [3.05, 3.63) is 35.4 Å². The Kier molecular flexibility index (Phi) is 4.50. The van der Waals surface area contributed by atoms with Crippen molar-refractivity contribution in [2.75, 3.05) is 6.54 Å². The van der Waals surface area contributed by atoms with E-state index < -0.39 is 0 Å². The van der Waals surface area contributed by atoms with Crippen LogP contribution in [0.25, 0.3) is 0 Å². The summed E-state index contributed by atoms with van der Waals surface area (Å²) in [5.74, 6) is 0.00219. The molecule has 1 fully saturated rings. The van der Waals surface area contributed by atoms with Gasteiger partial charge in [0.05, 0.1) is 17.7 Å². The zero-order valence-corrected chi connectivity index (χ0v) is 10.1. The third-order valence-electron chi connectivity index (χ3n) is 2.77. The Bertz CT molecular complexity index is 455. The maximum atomic E-state index is 11.6. The highest BCUT2D eigenvalue weighted by Crippen LogP contribution is 2.14. The van der Waals surface area contributed by atoms with Crippen LogP contribution in [0.1, 0.15) is 17.5 Å². The number of hydrogen-bond acceptors (Lipinski definition) is 3. The van der Waals surface area contributed by atoms with Crippen molar-refractivity contribution in [3.8, 4) is 6.07 Å². The molecule has 1 aliphatic heterocycles. The van der Waals surface area contributed by atoms with Gasteiger partial charge in [-0.15, -0.1) is 12.4 Å². The van der Waals surface area contributed by atoms with Gasteiger partial charge in [0.1, 0.15) is 0 Å². The van der Waals surface area contributed by atoms with Crippen LogP contribution in [-0.4, -0.2) is 23.4 Å². The molecule has 17 heavy (non-hydrogen) atoms. The molecular formula is C12H14ClN3O. The summed E-state index contributed by atoms with van der Waals surface area (Å²) in [4.78, 5) is 13.3. The molecule has 0 aliphatic carbocycles. The zero-order valence-electron chi connectivity index (χ0n) is 9.30. The number of amides is 1. The highest BCUT2D eigenvalue weighted by molar-refractivity contribution is 5.85. The van der Waals surface area contributed by atoms with Crippen LogP contribution >= 0.6 is 12.4 Å². The molecular weight excluding hydrogens is 238 g/mol. The van der Waals surface area contributed by atoms with E-state index >= 15 is 0 Å². The van der Waals surface area contributed by atoms with Gasteiger partial charge in [0.2, 0.25) is 5.91 Å². The molecule has 1 aromatic carbocycles. The zero-order chi connectivity index (χ0) is 11.5. The maximum absolute atomic E-state index is 11.6. The smallest absolute Gasteiger partial charge is 0.239 e. The first kappa shape index (κ1) is 13.5. The fourth-order valence-corrected chi connectivity index (χ4v) is 1.88. The number of nitriles is 1. The molecule has 90 valence electrons. The molecule has 0 aromatic heterocycles. The molecule has 1 aliphatic rings. The minimum Gasteiger partial charge on any atom is -0.337 e. The number of nitrogens with two attached hydrogens (primary N) is 1. The average Bonchev–Trinajstić information content (AvgIpc) is 2.61. The molecule has 2 rings (SSSR count). The summed E-state index contributed by atoms with van der Waals surface area (Å²) in [6.45, 7) is 1.25. The van der Waals surface area contributed by atoms with Gasteiger partial charge in [0.15, 0.2) is 0 Å². The first-order valence-corrected chi connectivity index (χ1v) is 5.24. The van der Waals surface area contributed by atoms with E-state index in [2.05, 4.69) is 6.07 Å². The first-order chi connectivity index (χ1) is 7.70. The van der Waals surface area contributed by atoms with Crippen molar-refractivity contribution < 1.29 is 4.79 Å². The largest absolute Gasteiger partial charge is 0.337 e. The van der Waals surface area contributed by atoms with E-state index in [9.17, 15) is 4.79 Å².